The second kappa shape index (κ2) is 8.00. The van der Waals surface area contributed by atoms with Gasteiger partial charge in [-0.05, 0) is 23.8 Å². The van der Waals surface area contributed by atoms with E-state index in [-0.39, 0.29) is 17.2 Å². The summed E-state index contributed by atoms with van der Waals surface area (Å²) in [6, 6.07) is 12.5. The fourth-order valence-corrected chi connectivity index (χ4v) is 3.32. The standard InChI is InChI=1S/C20H19ClN4O3/c21-16-4-1-14(2-5-16)13-24-7-9-25(10-8-24)20(27)17-11-18(28-23-17)15-3-6-19(26)22-12-15/h1-6,11-12H,7-10,13H2,(H,22,26). The molecule has 7 nitrogen and oxygen atoms in total. The molecule has 144 valence electrons. The zero-order valence-corrected chi connectivity index (χ0v) is 15.9. The molecule has 1 fully saturated rings. The van der Waals surface area contributed by atoms with Crippen molar-refractivity contribution >= 4 is 17.5 Å². The molecule has 3 aromatic rings. The Morgan fingerprint density at radius 1 is 1.11 bits per heavy atom. The fraction of sp³-hybridized carbons (Fsp3) is 0.250. The Bertz CT molecular complexity index is 1000. The van der Waals surface area contributed by atoms with Crippen molar-refractivity contribution in [2.24, 2.45) is 0 Å². The van der Waals surface area contributed by atoms with E-state index in [9.17, 15) is 9.59 Å². The largest absolute Gasteiger partial charge is 0.355 e. The number of nitrogens with zero attached hydrogens (tertiary/aromatic N) is 3. The van der Waals surface area contributed by atoms with E-state index in [1.54, 1.807) is 17.0 Å². The van der Waals surface area contributed by atoms with Crippen molar-refractivity contribution in [1.82, 2.24) is 19.9 Å². The van der Waals surface area contributed by atoms with Gasteiger partial charge >= 0.3 is 0 Å². The number of pyridine rings is 1. The van der Waals surface area contributed by atoms with Gasteiger partial charge in [-0.25, -0.2) is 0 Å². The maximum atomic E-state index is 12.7. The van der Waals surface area contributed by atoms with Crippen LogP contribution in [0.1, 0.15) is 16.1 Å². The number of carbonyl (C=O) groups excluding carboxylic acids is 1. The van der Waals surface area contributed by atoms with Crippen molar-refractivity contribution in [3.8, 4) is 11.3 Å². The highest BCUT2D eigenvalue weighted by molar-refractivity contribution is 6.30. The lowest BCUT2D eigenvalue weighted by Gasteiger charge is -2.34. The Morgan fingerprint density at radius 2 is 1.86 bits per heavy atom. The molecule has 1 amide bonds. The van der Waals surface area contributed by atoms with Gasteiger partial charge in [0.1, 0.15) is 0 Å². The number of halogens is 1. The monoisotopic (exact) mass is 398 g/mol. The maximum absolute atomic E-state index is 12.7. The Balaban J connectivity index is 1.35. The Kier molecular flexibility index (Phi) is 5.27. The number of nitrogens with one attached hydrogen (secondary N) is 1. The number of rotatable bonds is 4. The highest BCUT2D eigenvalue weighted by Crippen LogP contribution is 2.20. The van der Waals surface area contributed by atoms with E-state index in [1.165, 1.54) is 17.8 Å². The van der Waals surface area contributed by atoms with Crippen LogP contribution in [0.3, 0.4) is 0 Å². The second-order valence-electron chi connectivity index (χ2n) is 6.71. The summed E-state index contributed by atoms with van der Waals surface area (Å²) in [5.41, 5.74) is 1.94. The van der Waals surface area contributed by atoms with Crippen molar-refractivity contribution in [2.75, 3.05) is 26.2 Å². The molecule has 1 aliphatic rings. The molecule has 28 heavy (non-hydrogen) atoms. The van der Waals surface area contributed by atoms with Gasteiger partial charge in [-0.2, -0.15) is 0 Å². The van der Waals surface area contributed by atoms with E-state index in [0.29, 0.717) is 24.4 Å². The third kappa shape index (κ3) is 4.16. The van der Waals surface area contributed by atoms with Gasteiger partial charge in [0.2, 0.25) is 5.56 Å². The summed E-state index contributed by atoms with van der Waals surface area (Å²) in [4.78, 5) is 30.5. The highest BCUT2D eigenvalue weighted by atomic mass is 35.5. The Hall–Kier alpha value is -2.90. The van der Waals surface area contributed by atoms with E-state index in [0.717, 1.165) is 24.7 Å². The van der Waals surface area contributed by atoms with Gasteiger partial charge in [0, 0.05) is 61.6 Å². The number of hydrogen-bond donors (Lipinski definition) is 1. The minimum Gasteiger partial charge on any atom is -0.355 e. The fourth-order valence-electron chi connectivity index (χ4n) is 3.19. The van der Waals surface area contributed by atoms with E-state index in [2.05, 4.69) is 15.0 Å². The summed E-state index contributed by atoms with van der Waals surface area (Å²) >= 11 is 5.93. The van der Waals surface area contributed by atoms with E-state index >= 15 is 0 Å². The Labute approximate surface area is 166 Å². The third-order valence-electron chi connectivity index (χ3n) is 4.78. The average molecular weight is 399 g/mol. The number of benzene rings is 1. The van der Waals surface area contributed by atoms with Crippen LogP contribution in [0.15, 0.2) is 58.0 Å². The first-order chi connectivity index (χ1) is 13.6. The van der Waals surface area contributed by atoms with Crippen molar-refractivity contribution in [2.45, 2.75) is 6.54 Å². The van der Waals surface area contributed by atoms with E-state index in [4.69, 9.17) is 16.1 Å². The normalized spacial score (nSPS) is 15.0. The summed E-state index contributed by atoms with van der Waals surface area (Å²) in [5.74, 6) is 0.298. The summed E-state index contributed by atoms with van der Waals surface area (Å²) in [6.45, 7) is 3.68. The predicted molar refractivity (Wildman–Crippen MR) is 105 cm³/mol. The molecule has 0 bridgehead atoms. The number of hydrogen-bond acceptors (Lipinski definition) is 5. The molecule has 0 spiro atoms. The number of aromatic amines is 1. The molecule has 2 aromatic heterocycles. The van der Waals surface area contributed by atoms with Crippen LogP contribution >= 0.6 is 11.6 Å². The molecule has 1 N–H and O–H groups in total. The lowest BCUT2D eigenvalue weighted by molar-refractivity contribution is 0.0618. The molecule has 0 radical (unpaired) electrons. The second-order valence-corrected chi connectivity index (χ2v) is 7.15. The van der Waals surface area contributed by atoms with Gasteiger partial charge < -0.3 is 14.4 Å². The van der Waals surface area contributed by atoms with Gasteiger partial charge in [-0.15, -0.1) is 0 Å². The molecule has 0 saturated carbocycles. The number of carbonyl (C=O) groups is 1. The average Bonchev–Trinajstić information content (AvgIpc) is 3.20. The summed E-state index contributed by atoms with van der Waals surface area (Å²) in [5, 5.41) is 4.63. The van der Waals surface area contributed by atoms with Crippen molar-refractivity contribution in [3.63, 3.8) is 0 Å². The zero-order valence-electron chi connectivity index (χ0n) is 15.1. The summed E-state index contributed by atoms with van der Waals surface area (Å²) < 4.78 is 5.27. The third-order valence-corrected chi connectivity index (χ3v) is 5.03. The van der Waals surface area contributed by atoms with Crippen LogP contribution in [-0.4, -0.2) is 52.0 Å². The molecule has 0 unspecified atom stereocenters. The lowest BCUT2D eigenvalue weighted by Crippen LogP contribution is -2.48. The van der Waals surface area contributed by atoms with Gasteiger partial charge in [0.15, 0.2) is 11.5 Å². The molecule has 1 saturated heterocycles. The number of piperazine rings is 1. The topological polar surface area (TPSA) is 82.4 Å². The van der Waals surface area contributed by atoms with Crippen LogP contribution in [0, 0.1) is 0 Å². The molecule has 1 aliphatic heterocycles. The van der Waals surface area contributed by atoms with Crippen molar-refractivity contribution in [3.05, 3.63) is 75.3 Å². The summed E-state index contributed by atoms with van der Waals surface area (Å²) in [6.07, 6.45) is 1.53. The molecular weight excluding hydrogens is 380 g/mol. The van der Waals surface area contributed by atoms with Crippen molar-refractivity contribution < 1.29 is 9.32 Å². The molecule has 0 aliphatic carbocycles. The van der Waals surface area contributed by atoms with Crippen LogP contribution in [0.4, 0.5) is 0 Å². The summed E-state index contributed by atoms with van der Waals surface area (Å²) in [7, 11) is 0. The van der Waals surface area contributed by atoms with Crippen LogP contribution in [-0.2, 0) is 6.54 Å². The van der Waals surface area contributed by atoms with E-state index in [1.807, 2.05) is 24.3 Å². The first kappa shape index (κ1) is 18.5. The predicted octanol–water partition coefficient (Wildman–Crippen LogP) is 2.64. The minimum absolute atomic E-state index is 0.148. The first-order valence-corrected chi connectivity index (χ1v) is 9.38. The molecule has 0 atom stereocenters. The molecule has 1 aromatic carbocycles. The van der Waals surface area contributed by atoms with Gasteiger partial charge in [-0.1, -0.05) is 28.9 Å². The number of H-pyrrole nitrogens is 1. The zero-order chi connectivity index (χ0) is 19.5. The van der Waals surface area contributed by atoms with Crippen LogP contribution in [0.25, 0.3) is 11.3 Å². The van der Waals surface area contributed by atoms with Gasteiger partial charge in [0.25, 0.3) is 5.91 Å². The highest BCUT2D eigenvalue weighted by Gasteiger charge is 2.24. The quantitative estimate of drug-likeness (QED) is 0.730. The maximum Gasteiger partial charge on any atom is 0.276 e. The van der Waals surface area contributed by atoms with Crippen LogP contribution in [0.2, 0.25) is 5.02 Å². The van der Waals surface area contributed by atoms with E-state index < -0.39 is 0 Å². The molecule has 4 rings (SSSR count). The number of aromatic nitrogens is 2. The number of amides is 1. The van der Waals surface area contributed by atoms with Crippen LogP contribution in [0.5, 0.6) is 0 Å². The smallest absolute Gasteiger partial charge is 0.276 e. The molecule has 8 heteroatoms. The van der Waals surface area contributed by atoms with Gasteiger partial charge in [0.05, 0.1) is 0 Å². The minimum atomic E-state index is -0.198. The first-order valence-electron chi connectivity index (χ1n) is 9.00. The molecule has 3 heterocycles. The van der Waals surface area contributed by atoms with Gasteiger partial charge in [-0.3, -0.25) is 14.5 Å². The Morgan fingerprint density at radius 3 is 2.54 bits per heavy atom. The van der Waals surface area contributed by atoms with Crippen LogP contribution < -0.4 is 5.56 Å². The van der Waals surface area contributed by atoms with Crippen molar-refractivity contribution in [1.29, 1.82) is 0 Å². The SMILES string of the molecule is O=C(c1cc(-c2ccc(=O)[nH]c2)on1)N1CCN(Cc2ccc(Cl)cc2)CC1. The lowest BCUT2D eigenvalue weighted by atomic mass is 10.2. The molecular formula is C20H19ClN4O3.